The average Bonchev–Trinajstić information content (AvgIpc) is 2.49. The molecule has 1 fully saturated rings. The average molecular weight is 273 g/mol. The topological polar surface area (TPSA) is 51.5 Å². The van der Waals surface area contributed by atoms with Gasteiger partial charge in [0.2, 0.25) is 0 Å². The molecular weight excluding hydrogens is 254 g/mol. The van der Waals surface area contributed by atoms with E-state index in [9.17, 15) is 4.79 Å². The monoisotopic (exact) mass is 273 g/mol. The van der Waals surface area contributed by atoms with E-state index in [4.69, 9.17) is 9.15 Å². The van der Waals surface area contributed by atoms with Gasteiger partial charge in [-0.1, -0.05) is 0 Å². The zero-order valence-electron chi connectivity index (χ0n) is 11.6. The van der Waals surface area contributed by atoms with Gasteiger partial charge in [0.15, 0.2) is 5.43 Å². The zero-order valence-corrected chi connectivity index (χ0v) is 11.6. The second kappa shape index (κ2) is 5.67. The third-order valence-corrected chi connectivity index (χ3v) is 3.77. The van der Waals surface area contributed by atoms with Gasteiger partial charge in [0, 0.05) is 12.0 Å². The van der Waals surface area contributed by atoms with E-state index in [0.717, 1.165) is 31.7 Å². The Hall–Kier alpha value is -1.81. The molecule has 0 aliphatic carbocycles. The van der Waals surface area contributed by atoms with Gasteiger partial charge in [-0.05, 0) is 51.1 Å². The maximum absolute atomic E-state index is 12.3. The third kappa shape index (κ3) is 2.56. The van der Waals surface area contributed by atoms with Crippen molar-refractivity contribution in [1.82, 2.24) is 5.32 Å². The van der Waals surface area contributed by atoms with Crippen LogP contribution in [0.4, 0.5) is 0 Å². The lowest BCUT2D eigenvalue weighted by atomic mass is 9.95. The van der Waals surface area contributed by atoms with Gasteiger partial charge in [-0.15, -0.1) is 0 Å². The molecule has 0 bridgehead atoms. The third-order valence-electron chi connectivity index (χ3n) is 3.77. The Balaban J connectivity index is 2.01. The molecule has 4 heteroatoms. The summed E-state index contributed by atoms with van der Waals surface area (Å²) < 4.78 is 11.4. The molecule has 1 aliphatic rings. The Morgan fingerprint density at radius 1 is 1.30 bits per heavy atom. The number of rotatable bonds is 3. The van der Waals surface area contributed by atoms with Gasteiger partial charge in [0.1, 0.15) is 17.1 Å². The van der Waals surface area contributed by atoms with E-state index in [1.807, 2.05) is 19.1 Å². The van der Waals surface area contributed by atoms with E-state index in [1.165, 1.54) is 0 Å². The van der Waals surface area contributed by atoms with Crippen molar-refractivity contribution in [3.05, 3.63) is 40.2 Å². The Morgan fingerprint density at radius 3 is 2.85 bits per heavy atom. The normalized spacial score (nSPS) is 16.4. The Morgan fingerprint density at radius 2 is 2.10 bits per heavy atom. The maximum Gasteiger partial charge on any atom is 0.193 e. The summed E-state index contributed by atoms with van der Waals surface area (Å²) in [6.07, 6.45) is 2.04. The van der Waals surface area contributed by atoms with Crippen LogP contribution in [0.2, 0.25) is 0 Å². The van der Waals surface area contributed by atoms with Crippen molar-refractivity contribution < 1.29 is 9.15 Å². The standard InChI is InChI=1S/C16H19NO3/c1-2-19-12-3-4-15-13(9-12)14(18)10-16(20-15)11-5-7-17-8-6-11/h3-4,9-11,17H,2,5-8H2,1H3. The highest BCUT2D eigenvalue weighted by Gasteiger charge is 2.19. The summed E-state index contributed by atoms with van der Waals surface area (Å²) in [6.45, 7) is 4.47. The molecule has 0 saturated carbocycles. The van der Waals surface area contributed by atoms with Gasteiger partial charge in [-0.3, -0.25) is 4.79 Å². The first-order valence-electron chi connectivity index (χ1n) is 7.19. The number of hydrogen-bond acceptors (Lipinski definition) is 4. The highest BCUT2D eigenvalue weighted by atomic mass is 16.5. The fraction of sp³-hybridized carbons (Fsp3) is 0.438. The molecule has 1 N–H and O–H groups in total. The molecule has 3 rings (SSSR count). The molecule has 1 aromatic carbocycles. The molecule has 20 heavy (non-hydrogen) atoms. The fourth-order valence-corrected chi connectivity index (χ4v) is 2.72. The maximum atomic E-state index is 12.3. The van der Waals surface area contributed by atoms with E-state index in [1.54, 1.807) is 12.1 Å². The van der Waals surface area contributed by atoms with Crippen LogP contribution in [-0.2, 0) is 0 Å². The second-order valence-corrected chi connectivity index (χ2v) is 5.13. The zero-order chi connectivity index (χ0) is 13.9. The Bertz CT molecular complexity index is 656. The van der Waals surface area contributed by atoms with Crippen LogP contribution < -0.4 is 15.5 Å². The first-order valence-corrected chi connectivity index (χ1v) is 7.19. The summed E-state index contributed by atoms with van der Waals surface area (Å²) in [5.41, 5.74) is 0.663. The highest BCUT2D eigenvalue weighted by molar-refractivity contribution is 5.78. The first-order chi connectivity index (χ1) is 9.78. The summed E-state index contributed by atoms with van der Waals surface area (Å²) in [7, 11) is 0. The summed E-state index contributed by atoms with van der Waals surface area (Å²) in [5.74, 6) is 1.87. The van der Waals surface area contributed by atoms with E-state index in [0.29, 0.717) is 29.2 Å². The number of hydrogen-bond donors (Lipinski definition) is 1. The van der Waals surface area contributed by atoms with E-state index < -0.39 is 0 Å². The molecule has 0 amide bonds. The van der Waals surface area contributed by atoms with E-state index in [2.05, 4.69) is 5.32 Å². The molecule has 0 spiro atoms. The van der Waals surface area contributed by atoms with Crippen molar-refractivity contribution in [3.63, 3.8) is 0 Å². The highest BCUT2D eigenvalue weighted by Crippen LogP contribution is 2.27. The van der Waals surface area contributed by atoms with Crippen LogP contribution in [0.15, 0.2) is 33.5 Å². The largest absolute Gasteiger partial charge is 0.494 e. The van der Waals surface area contributed by atoms with Gasteiger partial charge in [0.05, 0.1) is 12.0 Å². The van der Waals surface area contributed by atoms with Gasteiger partial charge in [0.25, 0.3) is 0 Å². The molecule has 1 aliphatic heterocycles. The predicted octanol–water partition coefficient (Wildman–Crippen LogP) is 2.66. The molecule has 0 radical (unpaired) electrons. The fourth-order valence-electron chi connectivity index (χ4n) is 2.72. The number of piperidine rings is 1. The molecule has 4 nitrogen and oxygen atoms in total. The second-order valence-electron chi connectivity index (χ2n) is 5.13. The lowest BCUT2D eigenvalue weighted by molar-refractivity contribution is 0.340. The van der Waals surface area contributed by atoms with Crippen LogP contribution in [0.25, 0.3) is 11.0 Å². The SMILES string of the molecule is CCOc1ccc2oc(C3CCNCC3)cc(=O)c2c1. The van der Waals surface area contributed by atoms with Crippen LogP contribution in [0.5, 0.6) is 5.75 Å². The van der Waals surface area contributed by atoms with Crippen LogP contribution in [0.1, 0.15) is 31.4 Å². The Kier molecular flexibility index (Phi) is 3.74. The van der Waals surface area contributed by atoms with E-state index >= 15 is 0 Å². The van der Waals surface area contributed by atoms with Crippen LogP contribution in [0, 0.1) is 0 Å². The summed E-state index contributed by atoms with van der Waals surface area (Å²) in [5, 5.41) is 3.91. The van der Waals surface area contributed by atoms with Crippen molar-refractivity contribution in [2.24, 2.45) is 0 Å². The van der Waals surface area contributed by atoms with Gasteiger partial charge in [-0.2, -0.15) is 0 Å². The number of benzene rings is 1. The van der Waals surface area contributed by atoms with E-state index in [-0.39, 0.29) is 5.43 Å². The van der Waals surface area contributed by atoms with Gasteiger partial charge in [-0.25, -0.2) is 0 Å². The smallest absolute Gasteiger partial charge is 0.193 e. The molecular formula is C16H19NO3. The van der Waals surface area contributed by atoms with Crippen molar-refractivity contribution in [3.8, 4) is 5.75 Å². The van der Waals surface area contributed by atoms with Crippen molar-refractivity contribution >= 4 is 11.0 Å². The van der Waals surface area contributed by atoms with Crippen molar-refractivity contribution in [2.75, 3.05) is 19.7 Å². The Labute approximate surface area is 117 Å². The molecule has 1 saturated heterocycles. The lowest BCUT2D eigenvalue weighted by Gasteiger charge is -2.21. The van der Waals surface area contributed by atoms with Crippen LogP contribution >= 0.6 is 0 Å². The van der Waals surface area contributed by atoms with Crippen LogP contribution in [0.3, 0.4) is 0 Å². The van der Waals surface area contributed by atoms with Gasteiger partial charge >= 0.3 is 0 Å². The minimum atomic E-state index is 0.0151. The molecule has 2 aromatic rings. The summed E-state index contributed by atoms with van der Waals surface area (Å²) >= 11 is 0. The summed E-state index contributed by atoms with van der Waals surface area (Å²) in [6, 6.07) is 7.08. The van der Waals surface area contributed by atoms with Gasteiger partial charge < -0.3 is 14.5 Å². The molecule has 0 atom stereocenters. The lowest BCUT2D eigenvalue weighted by Crippen LogP contribution is -2.27. The molecule has 2 heterocycles. The molecule has 0 unspecified atom stereocenters. The minimum absolute atomic E-state index is 0.0151. The molecule has 1 aromatic heterocycles. The van der Waals surface area contributed by atoms with Crippen molar-refractivity contribution in [2.45, 2.75) is 25.7 Å². The van der Waals surface area contributed by atoms with Crippen molar-refractivity contribution in [1.29, 1.82) is 0 Å². The summed E-state index contributed by atoms with van der Waals surface area (Å²) in [4.78, 5) is 12.3. The number of ether oxygens (including phenoxy) is 1. The molecule has 106 valence electrons. The van der Waals surface area contributed by atoms with Crippen LogP contribution in [-0.4, -0.2) is 19.7 Å². The number of fused-ring (bicyclic) bond motifs is 1. The first kappa shape index (κ1) is 13.2. The number of nitrogens with one attached hydrogen (secondary N) is 1. The minimum Gasteiger partial charge on any atom is -0.494 e. The quantitative estimate of drug-likeness (QED) is 0.934. The predicted molar refractivity (Wildman–Crippen MR) is 78.5 cm³/mol.